The van der Waals surface area contributed by atoms with Gasteiger partial charge in [0.05, 0.1) is 23.0 Å². The van der Waals surface area contributed by atoms with Gasteiger partial charge >= 0.3 is 12.8 Å². The van der Waals surface area contributed by atoms with Gasteiger partial charge in [-0.15, -0.1) is 17.0 Å². The zero-order valence-electron chi connectivity index (χ0n) is 26.5. The van der Waals surface area contributed by atoms with Crippen LogP contribution in [0, 0.1) is 0 Å². The molecule has 15 heteroatoms. The number of hydrogen-bond donors (Lipinski definition) is 1. The van der Waals surface area contributed by atoms with Crippen molar-refractivity contribution in [3.05, 3.63) is 114 Å². The van der Waals surface area contributed by atoms with Crippen molar-refractivity contribution in [3.63, 3.8) is 0 Å². The van der Waals surface area contributed by atoms with Crippen molar-refractivity contribution in [2.45, 2.75) is 19.3 Å². The Morgan fingerprint density at radius 2 is 1.56 bits per heavy atom. The Kier molecular flexibility index (Phi) is 11.1. The van der Waals surface area contributed by atoms with E-state index in [1.807, 2.05) is 28.6 Å². The lowest BCUT2D eigenvalue weighted by atomic mass is 10.1. The summed E-state index contributed by atoms with van der Waals surface area (Å²) in [5, 5.41) is 3.45. The van der Waals surface area contributed by atoms with Crippen LogP contribution in [-0.2, 0) is 19.8 Å². The van der Waals surface area contributed by atoms with E-state index in [0.717, 1.165) is 40.7 Å². The summed E-state index contributed by atoms with van der Waals surface area (Å²) in [5.74, 6) is 0.153. The number of carbonyl (C=O) groups is 2. The molecule has 0 spiro atoms. The van der Waals surface area contributed by atoms with E-state index >= 15 is 0 Å². The van der Waals surface area contributed by atoms with Gasteiger partial charge in [0.15, 0.2) is 0 Å². The maximum absolute atomic E-state index is 13.5. The molecule has 9 nitrogen and oxygen atoms in total. The Morgan fingerprint density at radius 3 is 2.18 bits per heavy atom. The molecule has 50 heavy (non-hydrogen) atoms. The predicted molar refractivity (Wildman–Crippen MR) is 181 cm³/mol. The monoisotopic (exact) mass is 759 g/mol. The normalized spacial score (nSPS) is 13.6. The van der Waals surface area contributed by atoms with E-state index in [4.69, 9.17) is 4.74 Å². The van der Waals surface area contributed by atoms with Crippen molar-refractivity contribution in [1.82, 2.24) is 19.4 Å². The lowest BCUT2D eigenvalue weighted by molar-refractivity contribution is -0.137. The summed E-state index contributed by atoms with van der Waals surface area (Å²) in [6.07, 6.45) is -3.12. The summed E-state index contributed by atoms with van der Waals surface area (Å²) in [5.41, 5.74) is 1.82. The number of ether oxygens (including phenoxy) is 2. The highest BCUT2D eigenvalue weighted by Crippen LogP contribution is 2.30. The summed E-state index contributed by atoms with van der Waals surface area (Å²) >= 11 is 0. The van der Waals surface area contributed by atoms with Gasteiger partial charge in [-0.25, -0.2) is 4.98 Å². The summed E-state index contributed by atoms with van der Waals surface area (Å²) in [6, 6.07) is 20.8. The van der Waals surface area contributed by atoms with Crippen LogP contribution in [0.25, 0.3) is 10.9 Å². The van der Waals surface area contributed by atoms with Crippen LogP contribution in [0.3, 0.4) is 0 Å². The number of aromatic nitrogens is 2. The molecule has 1 saturated heterocycles. The highest BCUT2D eigenvalue weighted by atomic mass is 79.9. The van der Waals surface area contributed by atoms with E-state index in [1.165, 1.54) is 18.3 Å². The third kappa shape index (κ3) is 8.58. The number of halogens is 6. The highest BCUT2D eigenvalue weighted by Gasteiger charge is 2.30. The van der Waals surface area contributed by atoms with Gasteiger partial charge in [0.2, 0.25) is 5.88 Å². The Hall–Kier alpha value is -5.02. The lowest BCUT2D eigenvalue weighted by Gasteiger charge is -2.34. The number of fused-ring (bicyclic) bond motifs is 1. The Labute approximate surface area is 294 Å². The second-order valence-electron chi connectivity index (χ2n) is 11.4. The number of alkyl halides is 5. The van der Waals surface area contributed by atoms with Crippen molar-refractivity contribution in [2.75, 3.05) is 31.5 Å². The van der Waals surface area contributed by atoms with Gasteiger partial charge < -0.3 is 24.3 Å². The molecule has 0 unspecified atom stereocenters. The van der Waals surface area contributed by atoms with Crippen LogP contribution in [-0.4, -0.2) is 64.0 Å². The van der Waals surface area contributed by atoms with Crippen molar-refractivity contribution < 1.29 is 41.0 Å². The Bertz CT molecular complexity index is 1940. The molecule has 262 valence electrons. The number of pyridine rings is 1. The van der Waals surface area contributed by atoms with Gasteiger partial charge in [-0.05, 0) is 66.2 Å². The summed E-state index contributed by atoms with van der Waals surface area (Å²) in [7, 11) is 1.81. The molecule has 3 heterocycles. The minimum absolute atomic E-state index is 0. The molecule has 0 radical (unpaired) electrons. The van der Waals surface area contributed by atoms with Crippen LogP contribution in [0.1, 0.15) is 32.0 Å². The molecule has 1 N–H and O–H groups in total. The molecular weight excluding hydrogens is 729 g/mol. The third-order valence-electron chi connectivity index (χ3n) is 8.14. The number of piperazine rings is 1. The molecule has 3 aromatic carbocycles. The fourth-order valence-corrected chi connectivity index (χ4v) is 5.53. The third-order valence-corrected chi connectivity index (χ3v) is 8.14. The first-order valence-electron chi connectivity index (χ1n) is 15.2. The predicted octanol–water partition coefficient (Wildman–Crippen LogP) is 7.77. The summed E-state index contributed by atoms with van der Waals surface area (Å²) in [6.45, 7) is 0.153. The van der Waals surface area contributed by atoms with Crippen LogP contribution in [0.5, 0.6) is 17.4 Å². The summed E-state index contributed by atoms with van der Waals surface area (Å²) < 4.78 is 75.3. The average molecular weight is 761 g/mol. The number of amides is 2. The van der Waals surface area contributed by atoms with Crippen LogP contribution in [0.15, 0.2) is 91.1 Å². The van der Waals surface area contributed by atoms with Gasteiger partial charge in [0.1, 0.15) is 17.2 Å². The second-order valence-corrected chi connectivity index (χ2v) is 11.4. The van der Waals surface area contributed by atoms with E-state index in [0.29, 0.717) is 49.9 Å². The van der Waals surface area contributed by atoms with Gasteiger partial charge in [-0.1, -0.05) is 12.1 Å². The molecule has 0 atom stereocenters. The molecule has 6 rings (SSSR count). The number of nitrogens with one attached hydrogen (secondary N) is 1. The quantitative estimate of drug-likeness (QED) is 0.155. The summed E-state index contributed by atoms with van der Waals surface area (Å²) in [4.78, 5) is 34.2. The van der Waals surface area contributed by atoms with E-state index in [2.05, 4.69) is 19.9 Å². The SMILES string of the molecule is Br.Cn1c(C(=O)N2CCN(Cc3ccc(OC(F)F)cc3)CC2)cc2ccc(Oc3ccc(NC(=O)c4ccc(C(F)(F)F)cc4)cn3)cc21. The highest BCUT2D eigenvalue weighted by molar-refractivity contribution is 8.93. The first kappa shape index (κ1) is 36.3. The molecule has 1 fully saturated rings. The van der Waals surface area contributed by atoms with Gasteiger partial charge in [0.25, 0.3) is 11.8 Å². The fourth-order valence-electron chi connectivity index (χ4n) is 5.53. The van der Waals surface area contributed by atoms with E-state index in [-0.39, 0.29) is 40.1 Å². The van der Waals surface area contributed by atoms with Crippen LogP contribution in [0.4, 0.5) is 27.6 Å². The van der Waals surface area contributed by atoms with Gasteiger partial charge in [-0.3, -0.25) is 14.5 Å². The van der Waals surface area contributed by atoms with Crippen molar-refractivity contribution in [1.29, 1.82) is 0 Å². The molecule has 1 aliphatic rings. The molecule has 2 amide bonds. The molecule has 0 aliphatic carbocycles. The van der Waals surface area contributed by atoms with E-state index in [1.54, 1.807) is 36.4 Å². The average Bonchev–Trinajstić information content (AvgIpc) is 3.41. The zero-order chi connectivity index (χ0) is 34.7. The molecule has 5 aromatic rings. The van der Waals surface area contributed by atoms with Crippen LogP contribution < -0.4 is 14.8 Å². The lowest BCUT2D eigenvalue weighted by Crippen LogP contribution is -2.48. The number of benzene rings is 3. The molecule has 1 aliphatic heterocycles. The fraction of sp³-hybridized carbons (Fsp3) is 0.229. The largest absolute Gasteiger partial charge is 0.439 e. The van der Waals surface area contributed by atoms with Crippen molar-refractivity contribution in [2.24, 2.45) is 7.05 Å². The first-order valence-corrected chi connectivity index (χ1v) is 15.2. The molecule has 0 saturated carbocycles. The number of rotatable bonds is 9. The Morgan fingerprint density at radius 1 is 0.880 bits per heavy atom. The second kappa shape index (κ2) is 15.3. The van der Waals surface area contributed by atoms with Crippen LogP contribution in [0.2, 0.25) is 0 Å². The van der Waals surface area contributed by atoms with E-state index in [9.17, 15) is 31.5 Å². The minimum Gasteiger partial charge on any atom is -0.439 e. The van der Waals surface area contributed by atoms with E-state index < -0.39 is 24.3 Å². The number of hydrogen-bond acceptors (Lipinski definition) is 6. The minimum atomic E-state index is -4.49. The first-order chi connectivity index (χ1) is 23.4. The zero-order valence-corrected chi connectivity index (χ0v) is 28.2. The van der Waals surface area contributed by atoms with Gasteiger partial charge in [0, 0.05) is 62.9 Å². The van der Waals surface area contributed by atoms with Gasteiger partial charge in [-0.2, -0.15) is 22.0 Å². The Balaban J connectivity index is 0.00000486. The molecule has 0 bridgehead atoms. The maximum Gasteiger partial charge on any atom is 0.416 e. The topological polar surface area (TPSA) is 88.9 Å². The number of anilines is 1. The maximum atomic E-state index is 13.5. The van der Waals surface area contributed by atoms with Crippen LogP contribution >= 0.6 is 17.0 Å². The number of nitrogens with zero attached hydrogens (tertiary/aromatic N) is 4. The number of carbonyl (C=O) groups excluding carboxylic acids is 2. The smallest absolute Gasteiger partial charge is 0.416 e. The van der Waals surface area contributed by atoms with Crippen molar-refractivity contribution in [3.8, 4) is 17.4 Å². The van der Waals surface area contributed by atoms with Crippen molar-refractivity contribution >= 4 is 45.4 Å². The standard InChI is InChI=1S/C35H30F5N5O4.BrH/c1-43-29-19-28(48-31-13-9-26(20-41-31)42-32(46)23-4-7-25(8-5-23)35(38,39)40)12-6-24(29)18-30(43)33(47)45-16-14-44(15-17-45)21-22-2-10-27(11-3-22)49-34(36)37;/h2-13,18-20,34H,14-17,21H2,1H3,(H,42,46);1H. The molecular formula is C35H31BrF5N5O4. The molecule has 2 aromatic heterocycles. The number of aryl methyl sites for hydroxylation is 1.